The number of carbonyl (C=O) groups is 4. The van der Waals surface area contributed by atoms with Crippen LogP contribution in [0.1, 0.15) is 36.0 Å². The molecule has 0 aromatic heterocycles. The number of rotatable bonds is 4. The first-order valence-electron chi connectivity index (χ1n) is 10.3. The Labute approximate surface area is 180 Å². The molecule has 0 saturated carbocycles. The Kier molecular flexibility index (Phi) is 5.35. The van der Waals surface area contributed by atoms with Gasteiger partial charge >= 0.3 is 5.97 Å². The molecular weight excluding hydrogens is 396 g/mol. The van der Waals surface area contributed by atoms with E-state index in [-0.39, 0.29) is 43.5 Å². The van der Waals surface area contributed by atoms with E-state index >= 15 is 0 Å². The van der Waals surface area contributed by atoms with Crippen LogP contribution >= 0.6 is 0 Å². The topological polar surface area (TPSA) is 84.0 Å². The molecule has 4 rings (SSSR count). The molecule has 1 atom stereocenters. The molecule has 2 aromatic carbocycles. The molecule has 0 bridgehead atoms. The maximum absolute atomic E-state index is 12.7. The Morgan fingerprint density at radius 3 is 2.26 bits per heavy atom. The lowest BCUT2D eigenvalue weighted by atomic mass is 10.1. The lowest BCUT2D eigenvalue weighted by molar-refractivity contribution is -0.139. The molecule has 2 aliphatic heterocycles. The molecule has 160 valence electrons. The van der Waals surface area contributed by atoms with Gasteiger partial charge in [0.1, 0.15) is 5.75 Å². The van der Waals surface area contributed by atoms with E-state index in [1.165, 1.54) is 4.90 Å². The molecule has 3 amide bonds. The maximum atomic E-state index is 12.7. The van der Waals surface area contributed by atoms with Crippen LogP contribution in [-0.2, 0) is 19.2 Å². The van der Waals surface area contributed by atoms with Gasteiger partial charge in [0.25, 0.3) is 0 Å². The number of benzene rings is 2. The van der Waals surface area contributed by atoms with Gasteiger partial charge in [0, 0.05) is 31.5 Å². The lowest BCUT2D eigenvalue weighted by Gasteiger charge is -2.20. The van der Waals surface area contributed by atoms with Gasteiger partial charge in [-0.05, 0) is 61.7 Å². The van der Waals surface area contributed by atoms with Crippen LogP contribution in [0.3, 0.4) is 0 Å². The van der Waals surface area contributed by atoms with E-state index in [2.05, 4.69) is 0 Å². The van der Waals surface area contributed by atoms with Crippen molar-refractivity contribution in [3.05, 3.63) is 53.1 Å². The van der Waals surface area contributed by atoms with E-state index in [0.717, 1.165) is 16.8 Å². The van der Waals surface area contributed by atoms with Crippen molar-refractivity contribution in [1.29, 1.82) is 0 Å². The van der Waals surface area contributed by atoms with Crippen LogP contribution in [0.15, 0.2) is 36.4 Å². The summed E-state index contributed by atoms with van der Waals surface area (Å²) in [6, 6.07) is 10.7. The molecular formula is C24H24N2O5. The zero-order chi connectivity index (χ0) is 22.3. The molecule has 0 spiro atoms. The third kappa shape index (κ3) is 3.95. The van der Waals surface area contributed by atoms with Crippen molar-refractivity contribution in [3.8, 4) is 5.75 Å². The summed E-state index contributed by atoms with van der Waals surface area (Å²) in [5.74, 6) is -1.27. The summed E-state index contributed by atoms with van der Waals surface area (Å²) in [6.07, 6.45) is 0.517. The summed E-state index contributed by atoms with van der Waals surface area (Å²) in [7, 11) is 0. The molecule has 0 aliphatic carbocycles. The average molecular weight is 420 g/mol. The SMILES string of the molecule is Cc1ccc(C)c(N2C[C@@H](C(=O)Oc3ccc(N4C(=O)CCC4=O)c(C)c3)CC2=O)c1. The summed E-state index contributed by atoms with van der Waals surface area (Å²) in [4.78, 5) is 52.1. The third-order valence-corrected chi connectivity index (χ3v) is 5.79. The lowest BCUT2D eigenvalue weighted by Crippen LogP contribution is -2.29. The van der Waals surface area contributed by atoms with Gasteiger partial charge in [0.2, 0.25) is 17.7 Å². The van der Waals surface area contributed by atoms with E-state index in [9.17, 15) is 19.2 Å². The average Bonchev–Trinajstić information content (AvgIpc) is 3.26. The number of aryl methyl sites for hydroxylation is 3. The molecule has 7 nitrogen and oxygen atoms in total. The number of ether oxygens (including phenoxy) is 1. The number of imide groups is 1. The normalized spacial score (nSPS) is 18.8. The van der Waals surface area contributed by atoms with Gasteiger partial charge in [-0.15, -0.1) is 0 Å². The zero-order valence-electron chi connectivity index (χ0n) is 17.8. The molecule has 2 aromatic rings. The van der Waals surface area contributed by atoms with Crippen molar-refractivity contribution in [2.75, 3.05) is 16.3 Å². The van der Waals surface area contributed by atoms with Gasteiger partial charge in [0.05, 0.1) is 11.6 Å². The van der Waals surface area contributed by atoms with Gasteiger partial charge in [-0.2, -0.15) is 0 Å². The highest BCUT2D eigenvalue weighted by Crippen LogP contribution is 2.32. The molecule has 0 N–H and O–H groups in total. The van der Waals surface area contributed by atoms with Crippen LogP contribution in [0, 0.1) is 26.7 Å². The van der Waals surface area contributed by atoms with Crippen LogP contribution in [0.5, 0.6) is 5.75 Å². The van der Waals surface area contributed by atoms with Gasteiger partial charge in [0.15, 0.2) is 0 Å². The highest BCUT2D eigenvalue weighted by Gasteiger charge is 2.37. The fraction of sp³-hybridized carbons (Fsp3) is 0.333. The second kappa shape index (κ2) is 7.98. The quantitative estimate of drug-likeness (QED) is 0.431. The van der Waals surface area contributed by atoms with E-state index in [1.807, 2.05) is 32.0 Å². The predicted octanol–water partition coefficient (Wildman–Crippen LogP) is 3.22. The minimum atomic E-state index is -0.561. The fourth-order valence-electron chi connectivity index (χ4n) is 4.10. The van der Waals surface area contributed by atoms with Gasteiger partial charge in [-0.3, -0.25) is 24.1 Å². The first-order chi connectivity index (χ1) is 14.7. The molecule has 0 radical (unpaired) electrons. The Morgan fingerprint density at radius 2 is 1.58 bits per heavy atom. The van der Waals surface area contributed by atoms with Crippen LogP contribution < -0.4 is 14.5 Å². The van der Waals surface area contributed by atoms with Crippen molar-refractivity contribution >= 4 is 35.1 Å². The van der Waals surface area contributed by atoms with Crippen molar-refractivity contribution in [1.82, 2.24) is 0 Å². The molecule has 7 heteroatoms. The molecule has 2 fully saturated rings. The fourth-order valence-corrected chi connectivity index (χ4v) is 4.10. The zero-order valence-corrected chi connectivity index (χ0v) is 17.8. The number of amides is 3. The van der Waals surface area contributed by atoms with Crippen LogP contribution in [-0.4, -0.2) is 30.2 Å². The van der Waals surface area contributed by atoms with E-state index in [0.29, 0.717) is 17.0 Å². The molecule has 2 saturated heterocycles. The van der Waals surface area contributed by atoms with Gasteiger partial charge in [-0.25, -0.2) is 0 Å². The standard InChI is InChI=1S/C24H24N2O5/c1-14-4-5-15(2)20(10-14)25-13-17(12-23(25)29)24(30)31-18-6-7-19(16(3)11-18)26-21(27)8-9-22(26)28/h4-7,10-11,17H,8-9,12-13H2,1-3H3/t17-/m0/s1. The Balaban J connectivity index is 1.47. The first kappa shape index (κ1) is 20.8. The van der Waals surface area contributed by atoms with E-state index in [1.54, 1.807) is 30.0 Å². The number of anilines is 2. The second-order valence-corrected chi connectivity index (χ2v) is 8.19. The number of hydrogen-bond donors (Lipinski definition) is 0. The molecule has 2 aliphatic rings. The molecule has 31 heavy (non-hydrogen) atoms. The van der Waals surface area contributed by atoms with E-state index < -0.39 is 11.9 Å². The van der Waals surface area contributed by atoms with Crippen molar-refractivity contribution in [3.63, 3.8) is 0 Å². The first-order valence-corrected chi connectivity index (χ1v) is 10.3. The van der Waals surface area contributed by atoms with Crippen LogP contribution in [0.25, 0.3) is 0 Å². The number of esters is 1. The largest absolute Gasteiger partial charge is 0.426 e. The summed E-state index contributed by atoms with van der Waals surface area (Å²) in [5, 5.41) is 0. The highest BCUT2D eigenvalue weighted by molar-refractivity contribution is 6.20. The minimum absolute atomic E-state index is 0.0973. The predicted molar refractivity (Wildman–Crippen MR) is 115 cm³/mol. The minimum Gasteiger partial charge on any atom is -0.426 e. The van der Waals surface area contributed by atoms with Crippen molar-refractivity contribution < 1.29 is 23.9 Å². The maximum Gasteiger partial charge on any atom is 0.316 e. The Hall–Kier alpha value is -3.48. The molecule has 0 unspecified atom stereocenters. The number of hydrogen-bond acceptors (Lipinski definition) is 5. The second-order valence-electron chi connectivity index (χ2n) is 8.19. The monoisotopic (exact) mass is 420 g/mol. The van der Waals surface area contributed by atoms with Crippen LogP contribution in [0.4, 0.5) is 11.4 Å². The summed E-state index contributed by atoms with van der Waals surface area (Å²) >= 11 is 0. The Morgan fingerprint density at radius 1 is 0.871 bits per heavy atom. The summed E-state index contributed by atoms with van der Waals surface area (Å²) in [6.45, 7) is 5.93. The highest BCUT2D eigenvalue weighted by atomic mass is 16.5. The number of nitrogens with zero attached hydrogens (tertiary/aromatic N) is 2. The van der Waals surface area contributed by atoms with Gasteiger partial charge < -0.3 is 9.64 Å². The third-order valence-electron chi connectivity index (χ3n) is 5.79. The Bertz CT molecular complexity index is 1090. The van der Waals surface area contributed by atoms with Crippen molar-refractivity contribution in [2.24, 2.45) is 5.92 Å². The van der Waals surface area contributed by atoms with Crippen LogP contribution in [0.2, 0.25) is 0 Å². The van der Waals surface area contributed by atoms with Gasteiger partial charge in [-0.1, -0.05) is 12.1 Å². The number of carbonyl (C=O) groups excluding carboxylic acids is 4. The molecule has 2 heterocycles. The smallest absolute Gasteiger partial charge is 0.316 e. The van der Waals surface area contributed by atoms with Crippen molar-refractivity contribution in [2.45, 2.75) is 40.0 Å². The summed E-state index contributed by atoms with van der Waals surface area (Å²) < 4.78 is 5.53. The summed E-state index contributed by atoms with van der Waals surface area (Å²) in [5.41, 5.74) is 4.01. The van der Waals surface area contributed by atoms with E-state index in [4.69, 9.17) is 4.74 Å².